The molecule has 0 aliphatic carbocycles. The SMILES string of the molecule is Cc1noc(N2C=COC2c2ccc(-c3ccccc3)c(Cn3ccc(C(F)(F)F)n3)c2)c1C. The molecule has 2 aromatic heterocycles. The maximum Gasteiger partial charge on any atom is 0.435 e. The van der Waals surface area contributed by atoms with Gasteiger partial charge in [0, 0.05) is 23.5 Å². The number of benzene rings is 2. The molecular weight excluding hydrogens is 445 g/mol. The normalized spacial score (nSPS) is 15.7. The first-order valence-electron chi connectivity index (χ1n) is 10.6. The predicted octanol–water partition coefficient (Wildman–Crippen LogP) is 6.23. The topological polar surface area (TPSA) is 56.3 Å². The van der Waals surface area contributed by atoms with E-state index in [1.54, 1.807) is 12.5 Å². The van der Waals surface area contributed by atoms with Crippen molar-refractivity contribution in [2.45, 2.75) is 32.8 Å². The van der Waals surface area contributed by atoms with E-state index in [1.807, 2.05) is 67.3 Å². The summed E-state index contributed by atoms with van der Waals surface area (Å²) in [6, 6.07) is 16.5. The van der Waals surface area contributed by atoms with E-state index in [4.69, 9.17) is 9.26 Å². The summed E-state index contributed by atoms with van der Waals surface area (Å²) >= 11 is 0. The molecule has 1 unspecified atom stereocenters. The molecule has 0 radical (unpaired) electrons. The molecule has 5 rings (SSSR count). The lowest BCUT2D eigenvalue weighted by molar-refractivity contribution is -0.141. The van der Waals surface area contributed by atoms with Crippen LogP contribution in [0.25, 0.3) is 11.1 Å². The quantitative estimate of drug-likeness (QED) is 0.349. The largest absolute Gasteiger partial charge is 0.472 e. The minimum absolute atomic E-state index is 0.161. The molecule has 6 nitrogen and oxygen atoms in total. The number of aryl methyl sites for hydroxylation is 1. The van der Waals surface area contributed by atoms with Crippen LogP contribution in [0.2, 0.25) is 0 Å². The number of hydrogen-bond acceptors (Lipinski definition) is 5. The zero-order valence-corrected chi connectivity index (χ0v) is 18.5. The highest BCUT2D eigenvalue weighted by Gasteiger charge is 2.34. The average molecular weight is 466 g/mol. The Labute approximate surface area is 193 Å². The highest BCUT2D eigenvalue weighted by molar-refractivity contribution is 5.68. The molecule has 1 aliphatic rings. The summed E-state index contributed by atoms with van der Waals surface area (Å²) in [5.41, 5.74) is 4.24. The molecular formula is C25H21F3N4O2. The van der Waals surface area contributed by atoms with E-state index in [0.717, 1.165) is 39.6 Å². The van der Waals surface area contributed by atoms with Crippen molar-refractivity contribution in [3.8, 4) is 11.1 Å². The van der Waals surface area contributed by atoms with E-state index in [2.05, 4.69) is 10.3 Å². The minimum atomic E-state index is -4.49. The van der Waals surface area contributed by atoms with Crippen LogP contribution in [0.15, 0.2) is 77.8 Å². The second-order valence-electron chi connectivity index (χ2n) is 8.06. The second-order valence-corrected chi connectivity index (χ2v) is 8.06. The smallest absolute Gasteiger partial charge is 0.435 e. The molecule has 0 saturated heterocycles. The maximum absolute atomic E-state index is 13.1. The van der Waals surface area contributed by atoms with Gasteiger partial charge in [-0.1, -0.05) is 47.6 Å². The number of nitrogens with zero attached hydrogens (tertiary/aromatic N) is 4. The molecule has 0 spiro atoms. The van der Waals surface area contributed by atoms with Crippen molar-refractivity contribution in [1.82, 2.24) is 14.9 Å². The van der Waals surface area contributed by atoms with E-state index < -0.39 is 18.1 Å². The van der Waals surface area contributed by atoms with Crippen molar-refractivity contribution in [2.24, 2.45) is 0 Å². The van der Waals surface area contributed by atoms with E-state index in [0.29, 0.717) is 5.88 Å². The van der Waals surface area contributed by atoms with Gasteiger partial charge in [0.25, 0.3) is 0 Å². The molecule has 34 heavy (non-hydrogen) atoms. The molecule has 0 amide bonds. The third-order valence-corrected chi connectivity index (χ3v) is 5.81. The van der Waals surface area contributed by atoms with Crippen LogP contribution >= 0.6 is 0 Å². The molecule has 1 atom stereocenters. The highest BCUT2D eigenvalue weighted by Crippen LogP contribution is 2.37. The third-order valence-electron chi connectivity index (χ3n) is 5.81. The summed E-state index contributed by atoms with van der Waals surface area (Å²) in [6.45, 7) is 3.95. The Kier molecular flexibility index (Phi) is 5.39. The van der Waals surface area contributed by atoms with E-state index in [-0.39, 0.29) is 6.54 Å². The number of anilines is 1. The molecule has 0 N–H and O–H groups in total. The van der Waals surface area contributed by atoms with Gasteiger partial charge in [-0.25, -0.2) is 0 Å². The first-order chi connectivity index (χ1) is 16.3. The average Bonchev–Trinajstić information content (AvgIpc) is 3.55. The Morgan fingerprint density at radius 1 is 1.03 bits per heavy atom. The molecule has 1 aliphatic heterocycles. The molecule has 2 aromatic carbocycles. The highest BCUT2D eigenvalue weighted by atomic mass is 19.4. The molecule has 0 fully saturated rings. The molecule has 9 heteroatoms. The van der Waals surface area contributed by atoms with Crippen molar-refractivity contribution in [2.75, 3.05) is 4.90 Å². The van der Waals surface area contributed by atoms with Gasteiger partial charge in [0.15, 0.2) is 5.69 Å². The summed E-state index contributed by atoms with van der Waals surface area (Å²) in [5.74, 6) is 0.576. The van der Waals surface area contributed by atoms with Gasteiger partial charge in [0.05, 0.1) is 12.2 Å². The first kappa shape index (κ1) is 21.8. The van der Waals surface area contributed by atoms with Gasteiger partial charge in [-0.2, -0.15) is 18.3 Å². The van der Waals surface area contributed by atoms with Crippen LogP contribution in [0.4, 0.5) is 19.1 Å². The van der Waals surface area contributed by atoms with Gasteiger partial charge in [-0.3, -0.25) is 9.58 Å². The Morgan fingerprint density at radius 2 is 1.82 bits per heavy atom. The Balaban J connectivity index is 1.54. The van der Waals surface area contributed by atoms with Gasteiger partial charge in [-0.15, -0.1) is 0 Å². The summed E-state index contributed by atoms with van der Waals surface area (Å²) < 4.78 is 51.9. The van der Waals surface area contributed by atoms with E-state index >= 15 is 0 Å². The molecule has 0 saturated carbocycles. The Hall–Kier alpha value is -4.01. The predicted molar refractivity (Wildman–Crippen MR) is 120 cm³/mol. The monoisotopic (exact) mass is 466 g/mol. The van der Waals surface area contributed by atoms with Crippen LogP contribution in [0.5, 0.6) is 0 Å². The van der Waals surface area contributed by atoms with Crippen LogP contribution < -0.4 is 4.90 Å². The zero-order valence-electron chi connectivity index (χ0n) is 18.5. The van der Waals surface area contributed by atoms with E-state index in [9.17, 15) is 13.2 Å². The summed E-state index contributed by atoms with van der Waals surface area (Å²) in [5, 5.41) is 7.76. The van der Waals surface area contributed by atoms with Gasteiger partial charge in [0.2, 0.25) is 12.1 Å². The number of halogens is 3. The van der Waals surface area contributed by atoms with Crippen LogP contribution in [-0.4, -0.2) is 14.9 Å². The molecule has 174 valence electrons. The van der Waals surface area contributed by atoms with Crippen LogP contribution in [0, 0.1) is 13.8 Å². The summed E-state index contributed by atoms with van der Waals surface area (Å²) in [6.07, 6.45) is -0.309. The van der Waals surface area contributed by atoms with Crippen LogP contribution in [0.3, 0.4) is 0 Å². The Morgan fingerprint density at radius 3 is 2.50 bits per heavy atom. The lowest BCUT2D eigenvalue weighted by Gasteiger charge is -2.23. The van der Waals surface area contributed by atoms with Gasteiger partial charge in [-0.05, 0) is 42.7 Å². The second kappa shape index (κ2) is 8.40. The van der Waals surface area contributed by atoms with E-state index in [1.165, 1.54) is 10.9 Å². The number of hydrogen-bond donors (Lipinski definition) is 0. The summed E-state index contributed by atoms with van der Waals surface area (Å²) in [7, 11) is 0. The molecule has 0 bridgehead atoms. The maximum atomic E-state index is 13.1. The van der Waals surface area contributed by atoms with Gasteiger partial charge >= 0.3 is 6.18 Å². The van der Waals surface area contributed by atoms with Gasteiger partial charge in [0.1, 0.15) is 6.26 Å². The molecule has 3 heterocycles. The van der Waals surface area contributed by atoms with Crippen molar-refractivity contribution >= 4 is 5.88 Å². The minimum Gasteiger partial charge on any atom is -0.472 e. The van der Waals surface area contributed by atoms with Crippen LogP contribution in [0.1, 0.15) is 34.3 Å². The van der Waals surface area contributed by atoms with Crippen LogP contribution in [-0.2, 0) is 17.5 Å². The lowest BCUT2D eigenvalue weighted by Crippen LogP contribution is -2.20. The van der Waals surface area contributed by atoms with Crippen molar-refractivity contribution in [3.63, 3.8) is 0 Å². The number of rotatable bonds is 5. The number of aromatic nitrogens is 3. The number of alkyl halides is 3. The van der Waals surface area contributed by atoms with Crippen molar-refractivity contribution in [3.05, 3.63) is 101 Å². The number of ether oxygens (including phenoxy) is 1. The van der Waals surface area contributed by atoms with Crippen molar-refractivity contribution < 1.29 is 22.4 Å². The fourth-order valence-electron chi connectivity index (χ4n) is 3.95. The zero-order chi connectivity index (χ0) is 23.9. The lowest BCUT2D eigenvalue weighted by atomic mass is 9.96. The first-order valence-corrected chi connectivity index (χ1v) is 10.6. The summed E-state index contributed by atoms with van der Waals surface area (Å²) in [4.78, 5) is 1.84. The van der Waals surface area contributed by atoms with Gasteiger partial charge < -0.3 is 9.26 Å². The third kappa shape index (κ3) is 4.05. The fourth-order valence-corrected chi connectivity index (χ4v) is 3.95. The molecule has 4 aromatic rings. The Bertz CT molecular complexity index is 1340. The standard InChI is InChI=1S/C25H21F3N4O2/c1-16-17(2)30-34-23(16)32-12-13-33-24(32)19-8-9-21(18-6-4-3-5-7-18)20(14-19)15-31-11-10-22(29-31)25(26,27)28/h3-14,24H,15H2,1-2H3. The van der Waals surface area contributed by atoms with Crippen molar-refractivity contribution in [1.29, 1.82) is 0 Å². The fraction of sp³-hybridized carbons (Fsp3) is 0.200.